The molecule has 0 unspecified atom stereocenters. The van der Waals surface area contributed by atoms with Gasteiger partial charge >= 0.3 is 6.18 Å². The summed E-state index contributed by atoms with van der Waals surface area (Å²) in [7, 11) is 0. The number of alkyl halides is 3. The maximum absolute atomic E-state index is 13.8. The number of carbonyl (C=O) groups is 1. The van der Waals surface area contributed by atoms with Crippen molar-refractivity contribution in [3.05, 3.63) is 66.2 Å². The molecule has 1 aliphatic rings. The number of hydrogen-bond acceptors (Lipinski definition) is 6. The van der Waals surface area contributed by atoms with Gasteiger partial charge in [-0.25, -0.2) is 15.0 Å². The van der Waals surface area contributed by atoms with Gasteiger partial charge in [0, 0.05) is 40.9 Å². The van der Waals surface area contributed by atoms with Crippen molar-refractivity contribution in [1.82, 2.24) is 25.3 Å². The van der Waals surface area contributed by atoms with Gasteiger partial charge in [0.25, 0.3) is 5.91 Å². The lowest BCUT2D eigenvalue weighted by atomic mass is 9.91. The molecule has 0 radical (unpaired) electrons. The predicted molar refractivity (Wildman–Crippen MR) is 130 cm³/mol. The zero-order valence-corrected chi connectivity index (χ0v) is 19.1. The first-order chi connectivity index (χ1) is 17.3. The van der Waals surface area contributed by atoms with E-state index >= 15 is 0 Å². The Morgan fingerprint density at radius 3 is 2.64 bits per heavy atom. The van der Waals surface area contributed by atoms with Gasteiger partial charge in [0.05, 0.1) is 17.6 Å². The van der Waals surface area contributed by atoms with E-state index < -0.39 is 11.7 Å². The maximum Gasteiger partial charge on any atom is 0.419 e. The second-order valence-corrected chi connectivity index (χ2v) is 8.86. The minimum Gasteiger partial charge on any atom is -0.397 e. The molecule has 36 heavy (non-hydrogen) atoms. The zero-order chi connectivity index (χ0) is 25.3. The Labute approximate surface area is 204 Å². The van der Waals surface area contributed by atoms with Crippen LogP contribution in [0.3, 0.4) is 0 Å². The van der Waals surface area contributed by atoms with Gasteiger partial charge in [-0.15, -0.1) is 0 Å². The molecular formula is C25H24F3N7O. The van der Waals surface area contributed by atoms with Crippen LogP contribution in [0.5, 0.6) is 0 Å². The molecule has 8 nitrogen and oxygen atoms in total. The van der Waals surface area contributed by atoms with E-state index in [9.17, 15) is 18.0 Å². The van der Waals surface area contributed by atoms with E-state index in [1.54, 1.807) is 30.3 Å². The highest BCUT2D eigenvalue weighted by atomic mass is 19.4. The van der Waals surface area contributed by atoms with Crippen LogP contribution < -0.4 is 16.4 Å². The summed E-state index contributed by atoms with van der Waals surface area (Å²) in [6, 6.07) is 10.1. The lowest BCUT2D eigenvalue weighted by Gasteiger charge is -2.30. The third-order valence-electron chi connectivity index (χ3n) is 6.30. The van der Waals surface area contributed by atoms with Crippen LogP contribution in [-0.2, 0) is 6.18 Å². The molecule has 1 aromatic carbocycles. The fourth-order valence-electron chi connectivity index (χ4n) is 4.57. The third kappa shape index (κ3) is 4.95. The number of aromatic amines is 1. The molecule has 1 amide bonds. The van der Waals surface area contributed by atoms with E-state index in [0.717, 1.165) is 31.0 Å². The van der Waals surface area contributed by atoms with Crippen molar-refractivity contribution in [3.63, 3.8) is 0 Å². The largest absolute Gasteiger partial charge is 0.419 e. The Hall–Kier alpha value is -4.15. The highest BCUT2D eigenvalue weighted by molar-refractivity contribution is 5.95. The van der Waals surface area contributed by atoms with Crippen LogP contribution in [0, 0.1) is 0 Å². The monoisotopic (exact) mass is 495 g/mol. The van der Waals surface area contributed by atoms with E-state index in [1.807, 2.05) is 6.07 Å². The van der Waals surface area contributed by atoms with Crippen molar-refractivity contribution >= 4 is 28.4 Å². The molecule has 0 aliphatic heterocycles. The normalized spacial score (nSPS) is 18.2. The Balaban J connectivity index is 1.35. The number of fused-ring (bicyclic) bond motifs is 1. The van der Waals surface area contributed by atoms with Crippen LogP contribution in [0.25, 0.3) is 22.2 Å². The first-order valence-electron chi connectivity index (χ1n) is 11.6. The summed E-state index contributed by atoms with van der Waals surface area (Å²) in [4.78, 5) is 27.9. The highest BCUT2D eigenvalue weighted by Gasteiger charge is 2.36. The topological polar surface area (TPSA) is 122 Å². The van der Waals surface area contributed by atoms with Crippen LogP contribution >= 0.6 is 0 Å². The molecule has 0 saturated heterocycles. The number of nitrogens with two attached hydrogens (primary N) is 1. The maximum atomic E-state index is 13.8. The number of amides is 1. The Morgan fingerprint density at radius 2 is 1.86 bits per heavy atom. The van der Waals surface area contributed by atoms with Gasteiger partial charge in [-0.05, 0) is 43.9 Å². The number of nitrogens with one attached hydrogen (secondary N) is 3. The smallest absolute Gasteiger partial charge is 0.397 e. The van der Waals surface area contributed by atoms with Crippen molar-refractivity contribution in [3.8, 4) is 11.3 Å². The molecule has 0 bridgehead atoms. The van der Waals surface area contributed by atoms with Crippen LogP contribution in [0.4, 0.5) is 24.8 Å². The number of carbonyl (C=O) groups excluding carboxylic acids is 1. The minimum atomic E-state index is -4.61. The van der Waals surface area contributed by atoms with E-state index in [0.29, 0.717) is 23.1 Å². The van der Waals surface area contributed by atoms with Gasteiger partial charge in [0.15, 0.2) is 0 Å². The number of benzene rings is 1. The quantitative estimate of drug-likeness (QED) is 0.316. The summed E-state index contributed by atoms with van der Waals surface area (Å²) in [5.74, 6) is -0.187. The number of H-pyrrole nitrogens is 1. The van der Waals surface area contributed by atoms with Crippen molar-refractivity contribution in [1.29, 1.82) is 0 Å². The van der Waals surface area contributed by atoms with Crippen molar-refractivity contribution in [2.24, 2.45) is 0 Å². The molecule has 11 heteroatoms. The summed E-state index contributed by atoms with van der Waals surface area (Å²) >= 11 is 0. The van der Waals surface area contributed by atoms with E-state index in [4.69, 9.17) is 5.73 Å². The number of anilines is 2. The molecule has 1 aliphatic carbocycles. The van der Waals surface area contributed by atoms with Gasteiger partial charge in [0.1, 0.15) is 11.3 Å². The molecule has 5 rings (SSSR count). The van der Waals surface area contributed by atoms with Crippen molar-refractivity contribution in [2.75, 3.05) is 11.1 Å². The van der Waals surface area contributed by atoms with Crippen LogP contribution in [0.2, 0.25) is 0 Å². The summed E-state index contributed by atoms with van der Waals surface area (Å²) in [6.45, 7) is 0. The number of aromatic nitrogens is 4. The number of para-hydroxylation sites is 1. The fourth-order valence-corrected chi connectivity index (χ4v) is 4.57. The number of halogens is 3. The summed E-state index contributed by atoms with van der Waals surface area (Å²) in [5.41, 5.74) is 6.35. The molecule has 1 saturated carbocycles. The van der Waals surface area contributed by atoms with Crippen molar-refractivity contribution < 1.29 is 18.0 Å². The van der Waals surface area contributed by atoms with Crippen LogP contribution in [0.15, 0.2) is 55.0 Å². The van der Waals surface area contributed by atoms with Crippen LogP contribution in [-0.4, -0.2) is 37.9 Å². The zero-order valence-electron chi connectivity index (χ0n) is 19.1. The molecule has 1 fully saturated rings. The molecule has 0 spiro atoms. The van der Waals surface area contributed by atoms with Gasteiger partial charge in [0.2, 0.25) is 5.95 Å². The van der Waals surface area contributed by atoms with E-state index in [-0.39, 0.29) is 35.3 Å². The average Bonchev–Trinajstić information content (AvgIpc) is 3.28. The van der Waals surface area contributed by atoms with Gasteiger partial charge in [-0.1, -0.05) is 18.2 Å². The first-order valence-corrected chi connectivity index (χ1v) is 11.6. The second-order valence-electron chi connectivity index (χ2n) is 8.86. The molecule has 3 aromatic heterocycles. The Bertz CT molecular complexity index is 1380. The molecule has 2 atom stereocenters. The Morgan fingerprint density at radius 1 is 1.06 bits per heavy atom. The Kier molecular flexibility index (Phi) is 6.21. The lowest BCUT2D eigenvalue weighted by Crippen LogP contribution is -2.42. The number of nitrogen functional groups attached to an aromatic ring is 1. The predicted octanol–water partition coefficient (Wildman–Crippen LogP) is 4.77. The highest BCUT2D eigenvalue weighted by Crippen LogP contribution is 2.38. The minimum absolute atomic E-state index is 0.112. The number of pyridine rings is 1. The summed E-state index contributed by atoms with van der Waals surface area (Å²) in [6.07, 6.45) is 2.13. The SMILES string of the molecule is Nc1ccc(C(=O)N[C@H]2CCC[C@@H](Nc3ncc(C(F)(F)F)c(-c4c[nH]c5ccccc45)n3)C2)nc1. The second kappa shape index (κ2) is 9.48. The first kappa shape index (κ1) is 23.6. The van der Waals surface area contributed by atoms with Gasteiger partial charge in [-0.3, -0.25) is 4.79 Å². The molecule has 4 aromatic rings. The fraction of sp³-hybridized carbons (Fsp3) is 0.280. The molecule has 3 heterocycles. The molecular weight excluding hydrogens is 471 g/mol. The van der Waals surface area contributed by atoms with Crippen molar-refractivity contribution in [2.45, 2.75) is 43.9 Å². The van der Waals surface area contributed by atoms with Gasteiger partial charge in [-0.2, -0.15) is 13.2 Å². The van der Waals surface area contributed by atoms with Crippen LogP contribution in [0.1, 0.15) is 41.7 Å². The number of nitrogens with zero attached hydrogens (tertiary/aromatic N) is 3. The number of rotatable bonds is 5. The molecule has 186 valence electrons. The lowest BCUT2D eigenvalue weighted by molar-refractivity contribution is -0.137. The third-order valence-corrected chi connectivity index (χ3v) is 6.30. The molecule has 5 N–H and O–H groups in total. The summed E-state index contributed by atoms with van der Waals surface area (Å²) < 4.78 is 41.4. The van der Waals surface area contributed by atoms with E-state index in [1.165, 1.54) is 12.4 Å². The van der Waals surface area contributed by atoms with Gasteiger partial charge < -0.3 is 21.4 Å². The number of hydrogen-bond donors (Lipinski definition) is 4. The van der Waals surface area contributed by atoms with E-state index in [2.05, 4.69) is 30.6 Å². The standard InChI is InChI=1S/C25H24F3N7O/c26-25(27,28)19-13-32-24(35-22(19)18-12-31-20-7-2-1-6-17(18)20)34-16-5-3-4-15(10-16)33-23(36)21-9-8-14(29)11-30-21/h1-2,6-9,11-13,15-16,31H,3-5,10,29H2,(H,33,36)(H,32,34,35)/t15-,16+/m0/s1. The summed E-state index contributed by atoms with van der Waals surface area (Å²) in [5, 5.41) is 6.80. The average molecular weight is 496 g/mol.